The van der Waals surface area contributed by atoms with Gasteiger partial charge in [0.05, 0.1) is 11.3 Å². The lowest BCUT2D eigenvalue weighted by Gasteiger charge is -2.07. The van der Waals surface area contributed by atoms with Gasteiger partial charge in [-0.15, -0.1) is 0 Å². The van der Waals surface area contributed by atoms with Gasteiger partial charge >= 0.3 is 0 Å². The number of carbonyl (C=O) groups excluding carboxylic acids is 1. The van der Waals surface area contributed by atoms with Crippen LogP contribution < -0.4 is 5.73 Å². The summed E-state index contributed by atoms with van der Waals surface area (Å²) in [5.41, 5.74) is 9.85. The van der Waals surface area contributed by atoms with E-state index in [-0.39, 0.29) is 0 Å². The quantitative estimate of drug-likeness (QED) is 0.799. The van der Waals surface area contributed by atoms with Gasteiger partial charge < -0.3 is 5.73 Å². The molecule has 3 rings (SSSR count). The van der Waals surface area contributed by atoms with Crippen LogP contribution in [0, 0.1) is 0 Å². The number of aromatic nitrogens is 1. The molecule has 2 aromatic carbocycles. The summed E-state index contributed by atoms with van der Waals surface area (Å²) in [4.78, 5) is 15.8. The van der Waals surface area contributed by atoms with Crippen LogP contribution in [0.25, 0.3) is 11.3 Å². The fourth-order valence-corrected chi connectivity index (χ4v) is 2.45. The highest BCUT2D eigenvalue weighted by Crippen LogP contribution is 2.22. The van der Waals surface area contributed by atoms with Crippen LogP contribution in [0.5, 0.6) is 0 Å². The van der Waals surface area contributed by atoms with Crippen molar-refractivity contribution in [2.75, 3.05) is 0 Å². The minimum absolute atomic E-state index is 0.443. The molecule has 3 heteroatoms. The van der Waals surface area contributed by atoms with Crippen LogP contribution in [0.2, 0.25) is 0 Å². The lowest BCUT2D eigenvalue weighted by Crippen LogP contribution is -2.13. The van der Waals surface area contributed by atoms with Crippen LogP contribution in [0.3, 0.4) is 0 Å². The number of nitrogens with zero attached hydrogens (tertiary/aromatic N) is 1. The van der Waals surface area contributed by atoms with E-state index in [2.05, 4.69) is 29.2 Å². The third-order valence-electron chi connectivity index (χ3n) is 3.55. The number of primary amides is 1. The van der Waals surface area contributed by atoms with Gasteiger partial charge in [-0.1, -0.05) is 54.6 Å². The van der Waals surface area contributed by atoms with E-state index in [9.17, 15) is 4.79 Å². The van der Waals surface area contributed by atoms with Gasteiger partial charge in [0.15, 0.2) is 0 Å². The van der Waals surface area contributed by atoms with E-state index in [1.807, 2.05) is 30.3 Å². The van der Waals surface area contributed by atoms with E-state index in [1.165, 1.54) is 11.1 Å². The Hall–Kier alpha value is -2.94. The fraction of sp³-hybridized carbons (Fsp3) is 0.0526. The van der Waals surface area contributed by atoms with Crippen LogP contribution in [-0.4, -0.2) is 10.9 Å². The zero-order valence-electron chi connectivity index (χ0n) is 12.1. The zero-order valence-corrected chi connectivity index (χ0v) is 12.1. The van der Waals surface area contributed by atoms with Gasteiger partial charge in [0, 0.05) is 11.8 Å². The second kappa shape index (κ2) is 6.22. The fourth-order valence-electron chi connectivity index (χ4n) is 2.45. The maximum Gasteiger partial charge on any atom is 0.250 e. The summed E-state index contributed by atoms with van der Waals surface area (Å²) < 4.78 is 0. The Bertz CT molecular complexity index is 780. The molecule has 1 heterocycles. The largest absolute Gasteiger partial charge is 0.366 e. The number of hydrogen-bond donors (Lipinski definition) is 1. The molecule has 0 atom stereocenters. The van der Waals surface area contributed by atoms with Crippen molar-refractivity contribution in [1.29, 1.82) is 0 Å². The molecule has 0 bridgehead atoms. The topological polar surface area (TPSA) is 56.0 Å². The molecule has 0 saturated heterocycles. The van der Waals surface area contributed by atoms with Gasteiger partial charge in [0.2, 0.25) is 0 Å². The van der Waals surface area contributed by atoms with Crippen molar-refractivity contribution in [1.82, 2.24) is 4.98 Å². The Morgan fingerprint density at radius 1 is 0.864 bits per heavy atom. The van der Waals surface area contributed by atoms with Crippen molar-refractivity contribution in [3.63, 3.8) is 0 Å². The molecule has 108 valence electrons. The Labute approximate surface area is 129 Å². The number of benzene rings is 2. The molecular formula is C19H16N2O. The third-order valence-corrected chi connectivity index (χ3v) is 3.55. The molecule has 1 amide bonds. The van der Waals surface area contributed by atoms with E-state index in [0.717, 1.165) is 12.0 Å². The average Bonchev–Trinajstić information content (AvgIpc) is 2.56. The molecule has 0 aliphatic heterocycles. The van der Waals surface area contributed by atoms with Crippen molar-refractivity contribution >= 4 is 5.91 Å². The molecule has 22 heavy (non-hydrogen) atoms. The maximum atomic E-state index is 11.5. The first-order chi connectivity index (χ1) is 10.7. The second-order valence-corrected chi connectivity index (χ2v) is 5.12. The number of pyridine rings is 1. The van der Waals surface area contributed by atoms with Gasteiger partial charge in [-0.05, 0) is 29.7 Å². The molecule has 3 nitrogen and oxygen atoms in total. The monoisotopic (exact) mass is 288 g/mol. The smallest absolute Gasteiger partial charge is 0.250 e. The van der Waals surface area contributed by atoms with Crippen molar-refractivity contribution in [2.45, 2.75) is 6.42 Å². The minimum atomic E-state index is -0.462. The van der Waals surface area contributed by atoms with Crippen molar-refractivity contribution in [2.24, 2.45) is 5.73 Å². The van der Waals surface area contributed by atoms with E-state index in [0.29, 0.717) is 11.3 Å². The normalized spacial score (nSPS) is 10.4. The first-order valence-corrected chi connectivity index (χ1v) is 7.12. The zero-order chi connectivity index (χ0) is 15.4. The van der Waals surface area contributed by atoms with Gasteiger partial charge in [0.25, 0.3) is 5.91 Å². The highest BCUT2D eigenvalue weighted by Gasteiger charge is 2.10. The highest BCUT2D eigenvalue weighted by atomic mass is 16.1. The van der Waals surface area contributed by atoms with E-state index in [4.69, 9.17) is 5.73 Å². The van der Waals surface area contributed by atoms with Crippen LogP contribution >= 0.6 is 0 Å². The van der Waals surface area contributed by atoms with Crippen molar-refractivity contribution < 1.29 is 4.79 Å². The lowest BCUT2D eigenvalue weighted by atomic mass is 10.0. The number of amides is 1. The Kier molecular flexibility index (Phi) is 3.97. The summed E-state index contributed by atoms with van der Waals surface area (Å²) >= 11 is 0. The average molecular weight is 288 g/mol. The molecule has 0 unspecified atom stereocenters. The summed E-state index contributed by atoms with van der Waals surface area (Å²) in [7, 11) is 0. The molecule has 0 spiro atoms. The standard InChI is InChI=1S/C19H16N2O/c20-19(22)17-7-4-12-21-18(17)16-10-8-15(9-11-16)13-14-5-2-1-3-6-14/h1-12H,13H2,(H2,20,22). The van der Waals surface area contributed by atoms with Crippen LogP contribution in [0.4, 0.5) is 0 Å². The van der Waals surface area contributed by atoms with Crippen LogP contribution in [0.1, 0.15) is 21.5 Å². The predicted molar refractivity (Wildman–Crippen MR) is 87.4 cm³/mol. The summed E-state index contributed by atoms with van der Waals surface area (Å²) in [6.07, 6.45) is 2.55. The summed E-state index contributed by atoms with van der Waals surface area (Å²) in [5.74, 6) is -0.462. The van der Waals surface area contributed by atoms with E-state index in [1.54, 1.807) is 18.3 Å². The maximum absolute atomic E-state index is 11.5. The van der Waals surface area contributed by atoms with E-state index < -0.39 is 5.91 Å². The minimum Gasteiger partial charge on any atom is -0.366 e. The Balaban J connectivity index is 1.87. The summed E-state index contributed by atoms with van der Waals surface area (Å²) in [6.45, 7) is 0. The summed E-state index contributed by atoms with van der Waals surface area (Å²) in [6, 6.07) is 21.8. The van der Waals surface area contributed by atoms with Crippen molar-refractivity contribution in [3.8, 4) is 11.3 Å². The SMILES string of the molecule is NC(=O)c1cccnc1-c1ccc(Cc2ccccc2)cc1. The lowest BCUT2D eigenvalue weighted by molar-refractivity contribution is 0.100. The molecule has 3 aromatic rings. The molecule has 1 aromatic heterocycles. The predicted octanol–water partition coefficient (Wildman–Crippen LogP) is 3.44. The number of carbonyl (C=O) groups is 1. The van der Waals surface area contributed by atoms with Gasteiger partial charge in [-0.2, -0.15) is 0 Å². The Morgan fingerprint density at radius 3 is 2.23 bits per heavy atom. The first-order valence-electron chi connectivity index (χ1n) is 7.12. The first kappa shape index (κ1) is 14.0. The number of nitrogens with two attached hydrogens (primary N) is 1. The number of hydrogen-bond acceptors (Lipinski definition) is 2. The second-order valence-electron chi connectivity index (χ2n) is 5.12. The van der Waals surface area contributed by atoms with Crippen LogP contribution in [0.15, 0.2) is 72.9 Å². The highest BCUT2D eigenvalue weighted by molar-refractivity contribution is 5.98. The number of rotatable bonds is 4. The van der Waals surface area contributed by atoms with Crippen LogP contribution in [-0.2, 0) is 6.42 Å². The van der Waals surface area contributed by atoms with Gasteiger partial charge in [-0.3, -0.25) is 9.78 Å². The van der Waals surface area contributed by atoms with Gasteiger partial charge in [0.1, 0.15) is 0 Å². The molecule has 0 fully saturated rings. The summed E-state index contributed by atoms with van der Waals surface area (Å²) in [5, 5.41) is 0. The molecule has 0 saturated carbocycles. The van der Waals surface area contributed by atoms with Crippen molar-refractivity contribution in [3.05, 3.63) is 89.6 Å². The molecular weight excluding hydrogens is 272 g/mol. The molecule has 2 N–H and O–H groups in total. The molecule has 0 aliphatic rings. The molecule has 0 radical (unpaired) electrons. The van der Waals surface area contributed by atoms with Gasteiger partial charge in [-0.25, -0.2) is 0 Å². The third kappa shape index (κ3) is 3.04. The Morgan fingerprint density at radius 2 is 1.55 bits per heavy atom. The van der Waals surface area contributed by atoms with E-state index >= 15 is 0 Å². The molecule has 0 aliphatic carbocycles.